The number of nitrogens with one attached hydrogen (secondary N) is 2. The van der Waals surface area contributed by atoms with E-state index >= 15 is 0 Å². The Hall–Kier alpha value is -2.14. The van der Waals surface area contributed by atoms with Crippen molar-refractivity contribution in [3.63, 3.8) is 0 Å². The monoisotopic (exact) mass is 283 g/mol. The van der Waals surface area contributed by atoms with Crippen molar-refractivity contribution >= 4 is 11.0 Å². The SMILES string of the molecule is CCCn1c(CNC(C)c2ncc[nH]2)nc2ccccc21. The first-order valence-corrected chi connectivity index (χ1v) is 7.46. The van der Waals surface area contributed by atoms with Crippen LogP contribution in [0.2, 0.25) is 0 Å². The van der Waals surface area contributed by atoms with Gasteiger partial charge in [0.25, 0.3) is 0 Å². The third-order valence-electron chi connectivity index (χ3n) is 3.68. The summed E-state index contributed by atoms with van der Waals surface area (Å²) in [6, 6.07) is 8.49. The first kappa shape index (κ1) is 13.8. The minimum Gasteiger partial charge on any atom is -0.347 e. The Bertz CT molecular complexity index is 699. The molecule has 0 radical (unpaired) electrons. The number of aryl methyl sites for hydroxylation is 1. The van der Waals surface area contributed by atoms with Crippen LogP contribution in [0.5, 0.6) is 0 Å². The second kappa shape index (κ2) is 6.10. The summed E-state index contributed by atoms with van der Waals surface area (Å²) in [5.41, 5.74) is 2.27. The Labute approximate surface area is 124 Å². The first-order chi connectivity index (χ1) is 10.3. The minimum atomic E-state index is 0.176. The van der Waals surface area contributed by atoms with Crippen LogP contribution in [0.15, 0.2) is 36.7 Å². The smallest absolute Gasteiger partial charge is 0.123 e. The molecule has 5 nitrogen and oxygen atoms in total. The van der Waals surface area contributed by atoms with Crippen molar-refractivity contribution in [1.82, 2.24) is 24.8 Å². The van der Waals surface area contributed by atoms with Crippen LogP contribution in [0.3, 0.4) is 0 Å². The fourth-order valence-corrected chi connectivity index (χ4v) is 2.59. The van der Waals surface area contributed by atoms with Gasteiger partial charge in [0.15, 0.2) is 0 Å². The third-order valence-corrected chi connectivity index (χ3v) is 3.68. The van der Waals surface area contributed by atoms with Gasteiger partial charge in [-0.25, -0.2) is 9.97 Å². The number of nitrogens with zero attached hydrogens (tertiary/aromatic N) is 3. The molecule has 1 aromatic carbocycles. The second-order valence-corrected chi connectivity index (χ2v) is 5.25. The molecule has 0 aliphatic carbocycles. The van der Waals surface area contributed by atoms with Gasteiger partial charge in [-0.1, -0.05) is 19.1 Å². The normalized spacial score (nSPS) is 12.9. The number of aromatic nitrogens is 4. The topological polar surface area (TPSA) is 58.5 Å². The Kier molecular flexibility index (Phi) is 4.01. The van der Waals surface area contributed by atoms with E-state index in [9.17, 15) is 0 Å². The quantitative estimate of drug-likeness (QED) is 0.731. The number of hydrogen-bond donors (Lipinski definition) is 2. The summed E-state index contributed by atoms with van der Waals surface area (Å²) in [5, 5.41) is 3.48. The molecule has 2 N–H and O–H groups in total. The van der Waals surface area contributed by atoms with Crippen LogP contribution in [0, 0.1) is 0 Å². The van der Waals surface area contributed by atoms with Gasteiger partial charge in [0.05, 0.1) is 23.6 Å². The van der Waals surface area contributed by atoms with Crippen LogP contribution in [-0.4, -0.2) is 19.5 Å². The lowest BCUT2D eigenvalue weighted by Crippen LogP contribution is -2.21. The maximum atomic E-state index is 4.75. The van der Waals surface area contributed by atoms with Gasteiger partial charge in [-0.15, -0.1) is 0 Å². The highest BCUT2D eigenvalue weighted by Gasteiger charge is 2.12. The number of imidazole rings is 2. The molecule has 21 heavy (non-hydrogen) atoms. The van der Waals surface area contributed by atoms with E-state index in [1.807, 2.05) is 12.3 Å². The fourth-order valence-electron chi connectivity index (χ4n) is 2.59. The van der Waals surface area contributed by atoms with E-state index in [4.69, 9.17) is 4.98 Å². The Balaban J connectivity index is 1.81. The molecule has 2 heterocycles. The average Bonchev–Trinajstić information content (AvgIpc) is 3.14. The molecule has 0 fully saturated rings. The fraction of sp³-hybridized carbons (Fsp3) is 0.375. The predicted octanol–water partition coefficient (Wildman–Crippen LogP) is 3.02. The Morgan fingerprint density at radius 3 is 2.95 bits per heavy atom. The van der Waals surface area contributed by atoms with Gasteiger partial charge in [-0.2, -0.15) is 0 Å². The van der Waals surface area contributed by atoms with Crippen LogP contribution < -0.4 is 5.32 Å². The second-order valence-electron chi connectivity index (χ2n) is 5.25. The van der Waals surface area contributed by atoms with E-state index in [2.05, 4.69) is 51.9 Å². The number of rotatable bonds is 6. The lowest BCUT2D eigenvalue weighted by atomic mass is 10.3. The average molecular weight is 283 g/mol. The Morgan fingerprint density at radius 2 is 2.19 bits per heavy atom. The van der Waals surface area contributed by atoms with Crippen molar-refractivity contribution in [3.05, 3.63) is 48.3 Å². The lowest BCUT2D eigenvalue weighted by Gasteiger charge is -2.12. The van der Waals surface area contributed by atoms with E-state index < -0.39 is 0 Å². The molecule has 2 aromatic heterocycles. The van der Waals surface area contributed by atoms with Gasteiger partial charge in [0, 0.05) is 18.9 Å². The molecule has 110 valence electrons. The maximum absolute atomic E-state index is 4.75. The molecule has 0 bridgehead atoms. The number of hydrogen-bond acceptors (Lipinski definition) is 3. The van der Waals surface area contributed by atoms with Crippen LogP contribution in [0.25, 0.3) is 11.0 Å². The van der Waals surface area contributed by atoms with Crippen molar-refractivity contribution in [2.24, 2.45) is 0 Å². The highest BCUT2D eigenvalue weighted by molar-refractivity contribution is 5.75. The molecule has 0 aliphatic rings. The van der Waals surface area contributed by atoms with Crippen molar-refractivity contribution in [1.29, 1.82) is 0 Å². The van der Waals surface area contributed by atoms with E-state index in [0.717, 1.165) is 36.7 Å². The van der Waals surface area contributed by atoms with Gasteiger partial charge in [0.1, 0.15) is 11.6 Å². The van der Waals surface area contributed by atoms with Gasteiger partial charge in [-0.05, 0) is 25.5 Å². The number of fused-ring (bicyclic) bond motifs is 1. The minimum absolute atomic E-state index is 0.176. The maximum Gasteiger partial charge on any atom is 0.123 e. The zero-order chi connectivity index (χ0) is 14.7. The molecule has 0 amide bonds. The van der Waals surface area contributed by atoms with Crippen molar-refractivity contribution in [3.8, 4) is 0 Å². The van der Waals surface area contributed by atoms with Gasteiger partial charge in [-0.3, -0.25) is 0 Å². The summed E-state index contributed by atoms with van der Waals surface area (Å²) < 4.78 is 2.30. The van der Waals surface area contributed by atoms with Crippen molar-refractivity contribution in [2.45, 2.75) is 39.4 Å². The summed E-state index contributed by atoms with van der Waals surface area (Å²) >= 11 is 0. The molecule has 5 heteroatoms. The highest BCUT2D eigenvalue weighted by Crippen LogP contribution is 2.17. The summed E-state index contributed by atoms with van der Waals surface area (Å²) in [7, 11) is 0. The summed E-state index contributed by atoms with van der Waals surface area (Å²) in [6.45, 7) is 6.02. The van der Waals surface area contributed by atoms with E-state index in [1.54, 1.807) is 6.20 Å². The molecule has 3 aromatic rings. The number of H-pyrrole nitrogens is 1. The van der Waals surface area contributed by atoms with Gasteiger partial charge < -0.3 is 14.9 Å². The first-order valence-electron chi connectivity index (χ1n) is 7.46. The predicted molar refractivity (Wildman–Crippen MR) is 83.9 cm³/mol. The molecule has 0 saturated heterocycles. The van der Waals surface area contributed by atoms with Crippen molar-refractivity contribution in [2.75, 3.05) is 0 Å². The standard InChI is InChI=1S/C16H21N5/c1-3-10-21-14-7-5-4-6-13(14)20-15(21)11-19-12(2)16-17-8-9-18-16/h4-9,12,19H,3,10-11H2,1-2H3,(H,17,18). The van der Waals surface area contributed by atoms with Crippen molar-refractivity contribution < 1.29 is 0 Å². The molecule has 1 unspecified atom stereocenters. The van der Waals surface area contributed by atoms with E-state index in [-0.39, 0.29) is 6.04 Å². The summed E-state index contributed by atoms with van der Waals surface area (Å²) in [4.78, 5) is 12.2. The van der Waals surface area contributed by atoms with Crippen LogP contribution >= 0.6 is 0 Å². The van der Waals surface area contributed by atoms with Crippen LogP contribution in [0.4, 0.5) is 0 Å². The molecule has 1 atom stereocenters. The van der Waals surface area contributed by atoms with E-state index in [0.29, 0.717) is 0 Å². The summed E-state index contributed by atoms with van der Waals surface area (Å²) in [5.74, 6) is 2.03. The molecule has 3 rings (SSSR count). The van der Waals surface area contributed by atoms with E-state index in [1.165, 1.54) is 5.52 Å². The third kappa shape index (κ3) is 2.83. The van der Waals surface area contributed by atoms with Gasteiger partial charge >= 0.3 is 0 Å². The number of benzene rings is 1. The molecule has 0 spiro atoms. The molecular formula is C16H21N5. The number of para-hydroxylation sites is 2. The highest BCUT2D eigenvalue weighted by atomic mass is 15.1. The Morgan fingerprint density at radius 1 is 1.33 bits per heavy atom. The van der Waals surface area contributed by atoms with Crippen LogP contribution in [-0.2, 0) is 13.1 Å². The largest absolute Gasteiger partial charge is 0.347 e. The van der Waals surface area contributed by atoms with Gasteiger partial charge in [0.2, 0.25) is 0 Å². The molecule has 0 saturated carbocycles. The number of aromatic amines is 1. The summed E-state index contributed by atoms with van der Waals surface area (Å²) in [6.07, 6.45) is 4.72. The molecular weight excluding hydrogens is 262 g/mol. The van der Waals surface area contributed by atoms with Crippen LogP contribution in [0.1, 0.15) is 38.0 Å². The zero-order valence-corrected chi connectivity index (χ0v) is 12.5. The lowest BCUT2D eigenvalue weighted by molar-refractivity contribution is 0.520. The molecule has 0 aliphatic heterocycles. The zero-order valence-electron chi connectivity index (χ0n) is 12.5.